The fourth-order valence-corrected chi connectivity index (χ4v) is 5.33. The second kappa shape index (κ2) is 6.41. The highest BCUT2D eigenvalue weighted by molar-refractivity contribution is 7.19. The number of rotatable bonds is 3. The van der Waals surface area contributed by atoms with Gasteiger partial charge in [0, 0.05) is 51.1 Å². The second-order valence-corrected chi connectivity index (χ2v) is 10.6. The van der Waals surface area contributed by atoms with E-state index in [1.807, 2.05) is 23.7 Å². The maximum absolute atomic E-state index is 5.04. The molecule has 0 aromatic carbocycles. The van der Waals surface area contributed by atoms with Crippen LogP contribution in [0, 0.1) is 13.8 Å². The highest BCUT2D eigenvalue weighted by Crippen LogP contribution is 2.40. The van der Waals surface area contributed by atoms with E-state index in [1.54, 1.807) is 0 Å². The molecule has 4 aromatic rings. The fourth-order valence-electron chi connectivity index (χ4n) is 4.06. The molecule has 4 heterocycles. The molecule has 0 saturated carbocycles. The van der Waals surface area contributed by atoms with Gasteiger partial charge in [0.25, 0.3) is 0 Å². The number of hydrogen-bond acceptors (Lipinski definition) is 3. The van der Waals surface area contributed by atoms with E-state index in [2.05, 4.69) is 82.2 Å². The first-order chi connectivity index (χ1) is 13.1. The van der Waals surface area contributed by atoms with Crippen LogP contribution in [-0.2, 0) is 17.3 Å². The maximum atomic E-state index is 5.04. The lowest BCUT2D eigenvalue weighted by molar-refractivity contribution is 0.523. The van der Waals surface area contributed by atoms with Crippen molar-refractivity contribution in [1.82, 2.24) is 14.4 Å². The molecule has 4 heteroatoms. The van der Waals surface area contributed by atoms with Gasteiger partial charge in [0.15, 0.2) is 0 Å². The van der Waals surface area contributed by atoms with Gasteiger partial charge in [0.05, 0.1) is 5.69 Å². The molecule has 0 amide bonds. The first-order valence-electron chi connectivity index (χ1n) is 9.89. The van der Waals surface area contributed by atoms with Crippen LogP contribution in [0.3, 0.4) is 0 Å². The standard InChI is InChI=1S/C24H29N3S/c1-15-18-14-25-10-8-20(18)28-22(15)24(6,7)13-19-16(2)27-11-9-17(23(3,4)5)12-21(27)26-19/h8-12,14H,13H2,1-7H3. The van der Waals surface area contributed by atoms with Crippen LogP contribution in [-0.4, -0.2) is 14.4 Å². The van der Waals surface area contributed by atoms with Crippen molar-refractivity contribution in [1.29, 1.82) is 0 Å². The van der Waals surface area contributed by atoms with Crippen LogP contribution in [0.5, 0.6) is 0 Å². The molecule has 0 bridgehead atoms. The van der Waals surface area contributed by atoms with E-state index >= 15 is 0 Å². The minimum atomic E-state index is 0.0172. The molecule has 0 aliphatic rings. The molecule has 0 fully saturated rings. The molecule has 3 nitrogen and oxygen atoms in total. The van der Waals surface area contributed by atoms with Gasteiger partial charge in [-0.15, -0.1) is 11.3 Å². The van der Waals surface area contributed by atoms with Crippen LogP contribution in [0.1, 0.15) is 62.0 Å². The molecule has 0 aliphatic heterocycles. The molecule has 0 radical (unpaired) electrons. The summed E-state index contributed by atoms with van der Waals surface area (Å²) in [6.45, 7) is 15.8. The Balaban J connectivity index is 1.75. The van der Waals surface area contributed by atoms with Gasteiger partial charge in [0.2, 0.25) is 0 Å². The highest BCUT2D eigenvalue weighted by atomic mass is 32.1. The van der Waals surface area contributed by atoms with Crippen molar-refractivity contribution in [2.45, 2.75) is 65.7 Å². The Morgan fingerprint density at radius 1 is 1.07 bits per heavy atom. The molecule has 0 spiro atoms. The third kappa shape index (κ3) is 3.14. The first-order valence-corrected chi connectivity index (χ1v) is 10.7. The summed E-state index contributed by atoms with van der Waals surface area (Å²) in [7, 11) is 0. The second-order valence-electron chi connectivity index (χ2n) is 9.53. The number of aromatic nitrogens is 3. The zero-order valence-electron chi connectivity index (χ0n) is 17.9. The molecular formula is C24H29N3S. The van der Waals surface area contributed by atoms with Crippen molar-refractivity contribution in [2.75, 3.05) is 0 Å². The average Bonchev–Trinajstić information content (AvgIpc) is 3.12. The van der Waals surface area contributed by atoms with Gasteiger partial charge in [-0.1, -0.05) is 34.6 Å². The average molecular weight is 392 g/mol. The van der Waals surface area contributed by atoms with Crippen molar-refractivity contribution in [3.05, 3.63) is 64.2 Å². The van der Waals surface area contributed by atoms with E-state index in [0.29, 0.717) is 0 Å². The Morgan fingerprint density at radius 2 is 1.82 bits per heavy atom. The summed E-state index contributed by atoms with van der Waals surface area (Å²) in [5.74, 6) is 0. The molecule has 0 atom stereocenters. The molecular weight excluding hydrogens is 362 g/mol. The molecule has 0 unspecified atom stereocenters. The van der Waals surface area contributed by atoms with Gasteiger partial charge in [-0.05, 0) is 48.6 Å². The zero-order valence-corrected chi connectivity index (χ0v) is 18.7. The largest absolute Gasteiger partial charge is 0.304 e. The van der Waals surface area contributed by atoms with E-state index in [0.717, 1.165) is 12.1 Å². The van der Waals surface area contributed by atoms with Gasteiger partial charge in [0.1, 0.15) is 5.65 Å². The van der Waals surface area contributed by atoms with Crippen molar-refractivity contribution >= 4 is 27.1 Å². The van der Waals surface area contributed by atoms with E-state index < -0.39 is 0 Å². The van der Waals surface area contributed by atoms with Gasteiger partial charge in [-0.3, -0.25) is 4.98 Å². The third-order valence-corrected chi connectivity index (χ3v) is 7.43. The van der Waals surface area contributed by atoms with Crippen LogP contribution in [0.25, 0.3) is 15.7 Å². The third-order valence-electron chi connectivity index (χ3n) is 5.79. The van der Waals surface area contributed by atoms with Crippen LogP contribution in [0.15, 0.2) is 36.8 Å². The van der Waals surface area contributed by atoms with Gasteiger partial charge in [-0.2, -0.15) is 0 Å². The van der Waals surface area contributed by atoms with Crippen molar-refractivity contribution in [3.63, 3.8) is 0 Å². The Kier molecular flexibility index (Phi) is 4.38. The van der Waals surface area contributed by atoms with Crippen LogP contribution >= 0.6 is 11.3 Å². The smallest absolute Gasteiger partial charge is 0.137 e. The van der Waals surface area contributed by atoms with Crippen molar-refractivity contribution < 1.29 is 0 Å². The minimum Gasteiger partial charge on any atom is -0.304 e. The summed E-state index contributed by atoms with van der Waals surface area (Å²) in [5.41, 5.74) is 6.30. The maximum Gasteiger partial charge on any atom is 0.137 e. The summed E-state index contributed by atoms with van der Waals surface area (Å²) in [6, 6.07) is 6.58. The fraction of sp³-hybridized carbons (Fsp3) is 0.417. The molecule has 0 saturated heterocycles. The molecule has 146 valence electrons. The molecule has 4 rings (SSSR count). The minimum absolute atomic E-state index is 0.0172. The zero-order chi connectivity index (χ0) is 20.3. The summed E-state index contributed by atoms with van der Waals surface area (Å²) < 4.78 is 3.54. The number of pyridine rings is 2. The van der Waals surface area contributed by atoms with E-state index in [-0.39, 0.29) is 10.8 Å². The first kappa shape index (κ1) is 19.1. The van der Waals surface area contributed by atoms with Crippen LogP contribution < -0.4 is 0 Å². The van der Waals surface area contributed by atoms with Gasteiger partial charge < -0.3 is 4.40 Å². The summed E-state index contributed by atoms with van der Waals surface area (Å²) in [6.07, 6.45) is 6.97. The number of imidazole rings is 1. The predicted molar refractivity (Wildman–Crippen MR) is 120 cm³/mol. The molecule has 0 N–H and O–H groups in total. The Bertz CT molecular complexity index is 1170. The lowest BCUT2D eigenvalue weighted by Crippen LogP contribution is -2.21. The molecule has 0 aliphatic carbocycles. The van der Waals surface area contributed by atoms with Crippen LogP contribution in [0.2, 0.25) is 0 Å². The van der Waals surface area contributed by atoms with Crippen LogP contribution in [0.4, 0.5) is 0 Å². The summed E-state index contributed by atoms with van der Waals surface area (Å²) >= 11 is 1.89. The highest BCUT2D eigenvalue weighted by Gasteiger charge is 2.28. The Morgan fingerprint density at radius 3 is 2.50 bits per heavy atom. The Hall–Kier alpha value is -2.20. The number of fused-ring (bicyclic) bond motifs is 2. The van der Waals surface area contributed by atoms with E-state index in [9.17, 15) is 0 Å². The SMILES string of the molecule is Cc1c(C(C)(C)Cc2nc3cc(C(C)(C)C)ccn3c2C)sc2ccncc12. The lowest BCUT2D eigenvalue weighted by Gasteiger charge is -2.24. The van der Waals surface area contributed by atoms with Crippen molar-refractivity contribution in [3.8, 4) is 0 Å². The normalized spacial score (nSPS) is 13.0. The number of nitrogens with zero attached hydrogens (tertiary/aromatic N) is 3. The number of aryl methyl sites for hydroxylation is 2. The molecule has 4 aromatic heterocycles. The van der Waals surface area contributed by atoms with Crippen molar-refractivity contribution in [2.24, 2.45) is 0 Å². The summed E-state index contributed by atoms with van der Waals surface area (Å²) in [5, 5.41) is 1.28. The van der Waals surface area contributed by atoms with Gasteiger partial charge >= 0.3 is 0 Å². The topological polar surface area (TPSA) is 30.2 Å². The van der Waals surface area contributed by atoms with Gasteiger partial charge in [-0.25, -0.2) is 4.98 Å². The Labute approximate surface area is 171 Å². The van der Waals surface area contributed by atoms with E-state index in [4.69, 9.17) is 4.98 Å². The quantitative estimate of drug-likeness (QED) is 0.406. The number of thiophene rings is 1. The monoisotopic (exact) mass is 391 g/mol. The lowest BCUT2D eigenvalue weighted by atomic mass is 9.83. The number of hydrogen-bond donors (Lipinski definition) is 0. The van der Waals surface area contributed by atoms with E-state index in [1.165, 1.54) is 37.5 Å². The molecule has 28 heavy (non-hydrogen) atoms. The predicted octanol–water partition coefficient (Wildman–Crippen LogP) is 6.38. The summed E-state index contributed by atoms with van der Waals surface area (Å²) in [4.78, 5) is 10.8.